The van der Waals surface area contributed by atoms with Crippen LogP contribution in [0, 0.1) is 13.8 Å². The van der Waals surface area contributed by atoms with Crippen LogP contribution in [0.25, 0.3) is 0 Å². The summed E-state index contributed by atoms with van der Waals surface area (Å²) in [7, 11) is 0. The molecule has 0 atom stereocenters. The van der Waals surface area contributed by atoms with Crippen LogP contribution in [0.1, 0.15) is 16.7 Å². The Morgan fingerprint density at radius 3 is 2.56 bits per heavy atom. The fourth-order valence-electron chi connectivity index (χ4n) is 1.69. The zero-order valence-electron chi connectivity index (χ0n) is 10.5. The Balaban J connectivity index is 2.36. The molecule has 0 saturated carbocycles. The van der Waals surface area contributed by atoms with Crippen LogP contribution in [0.2, 0.25) is 5.02 Å². The maximum absolute atomic E-state index is 6.12. The van der Waals surface area contributed by atoms with Crippen molar-refractivity contribution in [1.82, 2.24) is 0 Å². The first-order valence-corrected chi connectivity index (χ1v) is 6.21. The van der Waals surface area contributed by atoms with E-state index >= 15 is 0 Å². The molecule has 0 bridgehead atoms. The lowest BCUT2D eigenvalue weighted by Crippen LogP contribution is -1.97. The molecule has 2 rings (SSSR count). The third-order valence-corrected chi connectivity index (χ3v) is 3.11. The highest BCUT2D eigenvalue weighted by Crippen LogP contribution is 2.32. The van der Waals surface area contributed by atoms with Crippen molar-refractivity contribution in [3.8, 4) is 11.5 Å². The van der Waals surface area contributed by atoms with Gasteiger partial charge in [-0.05, 0) is 48.7 Å². The van der Waals surface area contributed by atoms with Gasteiger partial charge in [-0.1, -0.05) is 29.8 Å². The summed E-state index contributed by atoms with van der Waals surface area (Å²) in [5, 5.41) is 0.609. The maximum Gasteiger partial charge on any atom is 0.146 e. The van der Waals surface area contributed by atoms with Gasteiger partial charge in [-0.2, -0.15) is 0 Å². The Morgan fingerprint density at radius 2 is 1.83 bits per heavy atom. The third kappa shape index (κ3) is 2.84. The number of halogens is 1. The standard InChI is InChI=1S/C15H16ClNO/c1-10-3-6-13(16)15(7-10)18-14-8-12(9-17)5-4-11(14)2/h3-8H,9,17H2,1-2H3. The zero-order valence-corrected chi connectivity index (χ0v) is 11.3. The van der Waals surface area contributed by atoms with Crippen LogP contribution in [-0.4, -0.2) is 0 Å². The van der Waals surface area contributed by atoms with E-state index in [4.69, 9.17) is 22.1 Å². The Morgan fingerprint density at radius 1 is 1.06 bits per heavy atom. The molecule has 94 valence electrons. The molecule has 0 aromatic heterocycles. The molecular weight excluding hydrogens is 246 g/mol. The van der Waals surface area contributed by atoms with Gasteiger partial charge in [0, 0.05) is 6.54 Å². The third-order valence-electron chi connectivity index (χ3n) is 2.79. The summed E-state index contributed by atoms with van der Waals surface area (Å²) in [6.45, 7) is 4.50. The molecule has 2 aromatic carbocycles. The van der Waals surface area contributed by atoms with Gasteiger partial charge in [-0.15, -0.1) is 0 Å². The predicted molar refractivity (Wildman–Crippen MR) is 75.3 cm³/mol. The van der Waals surface area contributed by atoms with Gasteiger partial charge in [-0.3, -0.25) is 0 Å². The van der Waals surface area contributed by atoms with E-state index in [1.54, 1.807) is 0 Å². The maximum atomic E-state index is 6.12. The second-order valence-corrected chi connectivity index (χ2v) is 4.75. The summed E-state index contributed by atoms with van der Waals surface area (Å²) < 4.78 is 5.88. The van der Waals surface area contributed by atoms with Crippen LogP contribution >= 0.6 is 11.6 Å². The molecule has 2 nitrogen and oxygen atoms in total. The van der Waals surface area contributed by atoms with Crippen molar-refractivity contribution < 1.29 is 4.74 Å². The predicted octanol–water partition coefficient (Wildman–Crippen LogP) is 4.21. The number of aryl methyl sites for hydroxylation is 2. The number of rotatable bonds is 3. The zero-order chi connectivity index (χ0) is 13.1. The fourth-order valence-corrected chi connectivity index (χ4v) is 1.84. The molecule has 0 saturated heterocycles. The molecule has 0 heterocycles. The van der Waals surface area contributed by atoms with Crippen LogP contribution in [0.3, 0.4) is 0 Å². The summed E-state index contributed by atoms with van der Waals surface area (Å²) in [5.74, 6) is 1.47. The summed E-state index contributed by atoms with van der Waals surface area (Å²) in [6.07, 6.45) is 0. The van der Waals surface area contributed by atoms with Crippen molar-refractivity contribution in [2.24, 2.45) is 5.73 Å². The molecule has 0 amide bonds. The normalized spacial score (nSPS) is 10.4. The van der Waals surface area contributed by atoms with Gasteiger partial charge in [0.15, 0.2) is 0 Å². The molecule has 18 heavy (non-hydrogen) atoms. The topological polar surface area (TPSA) is 35.2 Å². The second-order valence-electron chi connectivity index (χ2n) is 4.34. The van der Waals surface area contributed by atoms with E-state index in [-0.39, 0.29) is 0 Å². The van der Waals surface area contributed by atoms with E-state index in [1.165, 1.54) is 0 Å². The molecule has 0 fully saturated rings. The van der Waals surface area contributed by atoms with E-state index in [2.05, 4.69) is 0 Å². The van der Waals surface area contributed by atoms with Crippen LogP contribution in [-0.2, 0) is 6.54 Å². The van der Waals surface area contributed by atoms with Crippen molar-refractivity contribution in [2.75, 3.05) is 0 Å². The first kappa shape index (κ1) is 12.9. The van der Waals surface area contributed by atoms with Gasteiger partial charge in [0.25, 0.3) is 0 Å². The van der Waals surface area contributed by atoms with Crippen molar-refractivity contribution in [2.45, 2.75) is 20.4 Å². The Kier molecular flexibility index (Phi) is 3.90. The quantitative estimate of drug-likeness (QED) is 0.898. The highest BCUT2D eigenvalue weighted by molar-refractivity contribution is 6.32. The summed E-state index contributed by atoms with van der Waals surface area (Å²) in [6, 6.07) is 11.7. The molecule has 2 aromatic rings. The van der Waals surface area contributed by atoms with E-state index < -0.39 is 0 Å². The number of hydrogen-bond acceptors (Lipinski definition) is 2. The van der Waals surface area contributed by atoms with Crippen molar-refractivity contribution >= 4 is 11.6 Å². The molecule has 0 unspecified atom stereocenters. The second kappa shape index (κ2) is 5.42. The summed E-state index contributed by atoms with van der Waals surface area (Å²) in [4.78, 5) is 0. The molecular formula is C15H16ClNO. The average Bonchev–Trinajstić information content (AvgIpc) is 2.36. The van der Waals surface area contributed by atoms with Crippen LogP contribution in [0.15, 0.2) is 36.4 Å². The number of ether oxygens (including phenoxy) is 1. The Bertz CT molecular complexity index is 566. The molecule has 2 N–H and O–H groups in total. The van der Waals surface area contributed by atoms with Crippen LogP contribution in [0.4, 0.5) is 0 Å². The van der Waals surface area contributed by atoms with Gasteiger partial charge in [-0.25, -0.2) is 0 Å². The molecule has 0 aliphatic rings. The lowest BCUT2D eigenvalue weighted by atomic mass is 10.1. The smallest absolute Gasteiger partial charge is 0.146 e. The first-order chi connectivity index (χ1) is 8.60. The number of nitrogens with two attached hydrogens (primary N) is 1. The molecule has 3 heteroatoms. The minimum atomic E-state index is 0.498. The van der Waals surface area contributed by atoms with Crippen molar-refractivity contribution in [1.29, 1.82) is 0 Å². The van der Waals surface area contributed by atoms with E-state index in [0.29, 0.717) is 17.3 Å². The molecule has 0 aliphatic carbocycles. The highest BCUT2D eigenvalue weighted by atomic mass is 35.5. The van der Waals surface area contributed by atoms with Crippen molar-refractivity contribution in [3.63, 3.8) is 0 Å². The van der Waals surface area contributed by atoms with Gasteiger partial charge < -0.3 is 10.5 Å². The van der Waals surface area contributed by atoms with E-state index in [9.17, 15) is 0 Å². The fraction of sp³-hybridized carbons (Fsp3) is 0.200. The monoisotopic (exact) mass is 261 g/mol. The Hall–Kier alpha value is -1.51. The lowest BCUT2D eigenvalue weighted by molar-refractivity contribution is 0.478. The van der Waals surface area contributed by atoms with Crippen LogP contribution in [0.5, 0.6) is 11.5 Å². The molecule has 0 radical (unpaired) electrons. The SMILES string of the molecule is Cc1ccc(Cl)c(Oc2cc(CN)ccc2C)c1. The minimum absolute atomic E-state index is 0.498. The highest BCUT2D eigenvalue weighted by Gasteiger charge is 2.06. The van der Waals surface area contributed by atoms with Crippen molar-refractivity contribution in [3.05, 3.63) is 58.1 Å². The van der Waals surface area contributed by atoms with E-state index in [0.717, 1.165) is 22.4 Å². The van der Waals surface area contributed by atoms with Gasteiger partial charge in [0.2, 0.25) is 0 Å². The lowest BCUT2D eigenvalue weighted by Gasteiger charge is -2.12. The van der Waals surface area contributed by atoms with Gasteiger partial charge in [0.05, 0.1) is 5.02 Å². The molecule has 0 aliphatic heterocycles. The average molecular weight is 262 g/mol. The van der Waals surface area contributed by atoms with Gasteiger partial charge >= 0.3 is 0 Å². The minimum Gasteiger partial charge on any atom is -0.456 e. The van der Waals surface area contributed by atoms with Crippen LogP contribution < -0.4 is 10.5 Å². The summed E-state index contributed by atoms with van der Waals surface area (Å²) in [5.41, 5.74) is 8.85. The number of benzene rings is 2. The molecule has 0 spiro atoms. The van der Waals surface area contributed by atoms with Gasteiger partial charge in [0.1, 0.15) is 11.5 Å². The number of hydrogen-bond donors (Lipinski definition) is 1. The largest absolute Gasteiger partial charge is 0.456 e. The Labute approximate surface area is 112 Å². The summed E-state index contributed by atoms with van der Waals surface area (Å²) >= 11 is 6.12. The first-order valence-electron chi connectivity index (χ1n) is 5.84. The van der Waals surface area contributed by atoms with E-state index in [1.807, 2.05) is 50.2 Å².